The van der Waals surface area contributed by atoms with Gasteiger partial charge in [-0.2, -0.15) is 0 Å². The maximum Gasteiger partial charge on any atom is 0.246 e. The van der Waals surface area contributed by atoms with E-state index >= 15 is 0 Å². The van der Waals surface area contributed by atoms with Crippen LogP contribution in [0.4, 0.5) is 0 Å². The minimum absolute atomic E-state index is 0.0457. The van der Waals surface area contributed by atoms with Gasteiger partial charge in [-0.3, -0.25) is 4.79 Å². The summed E-state index contributed by atoms with van der Waals surface area (Å²) in [5.74, 6) is 0.360. The number of hydrogen-bond donors (Lipinski definition) is 2. The third-order valence-corrected chi connectivity index (χ3v) is 2.21. The molecule has 0 aliphatic carbocycles. The lowest BCUT2D eigenvalue weighted by Crippen LogP contribution is -2.41. The van der Waals surface area contributed by atoms with Crippen molar-refractivity contribution in [1.82, 2.24) is 5.32 Å². The van der Waals surface area contributed by atoms with Crippen LogP contribution in [0.3, 0.4) is 0 Å². The molecule has 1 amide bonds. The van der Waals surface area contributed by atoms with Crippen molar-refractivity contribution in [2.75, 3.05) is 19.8 Å². The summed E-state index contributed by atoms with van der Waals surface area (Å²) in [6.07, 6.45) is 1.75. The zero-order valence-electron chi connectivity index (χ0n) is 10.1. The summed E-state index contributed by atoms with van der Waals surface area (Å²) in [7, 11) is 0. The Morgan fingerprint density at radius 3 is 2.60 bits per heavy atom. The van der Waals surface area contributed by atoms with E-state index in [1.807, 2.05) is 6.92 Å². The van der Waals surface area contributed by atoms with Crippen molar-refractivity contribution < 1.29 is 9.53 Å². The number of rotatable bonds is 8. The molecule has 0 heterocycles. The Hall–Kier alpha value is -0.610. The lowest BCUT2D eigenvalue weighted by atomic mass is 10.0. The summed E-state index contributed by atoms with van der Waals surface area (Å²) in [5, 5.41) is 2.93. The van der Waals surface area contributed by atoms with Crippen molar-refractivity contribution in [3.63, 3.8) is 0 Å². The van der Waals surface area contributed by atoms with E-state index in [4.69, 9.17) is 10.5 Å². The van der Waals surface area contributed by atoms with E-state index in [0.29, 0.717) is 19.1 Å². The molecule has 0 aliphatic rings. The largest absolute Gasteiger partial charge is 0.372 e. The Morgan fingerprint density at radius 2 is 2.13 bits per heavy atom. The summed E-state index contributed by atoms with van der Waals surface area (Å²) in [5.41, 5.74) is 5.48. The van der Waals surface area contributed by atoms with Crippen LogP contribution < -0.4 is 11.1 Å². The van der Waals surface area contributed by atoms with E-state index in [2.05, 4.69) is 19.2 Å². The van der Waals surface area contributed by atoms with Gasteiger partial charge in [0, 0.05) is 12.6 Å². The molecule has 0 saturated heterocycles. The van der Waals surface area contributed by atoms with Crippen LogP contribution in [-0.4, -0.2) is 31.7 Å². The molecular formula is C11H24N2O2. The molecule has 1 unspecified atom stereocenters. The van der Waals surface area contributed by atoms with Gasteiger partial charge >= 0.3 is 0 Å². The molecule has 0 fully saturated rings. The first-order valence-electron chi connectivity index (χ1n) is 5.69. The average Bonchev–Trinajstić information content (AvgIpc) is 2.17. The highest BCUT2D eigenvalue weighted by Crippen LogP contribution is 2.04. The molecule has 4 nitrogen and oxygen atoms in total. The molecular weight excluding hydrogens is 192 g/mol. The van der Waals surface area contributed by atoms with Gasteiger partial charge in [-0.15, -0.1) is 0 Å². The quantitative estimate of drug-likeness (QED) is 0.593. The molecule has 0 aromatic rings. The van der Waals surface area contributed by atoms with Crippen LogP contribution >= 0.6 is 0 Å². The van der Waals surface area contributed by atoms with Crippen molar-refractivity contribution >= 4 is 5.91 Å². The highest BCUT2D eigenvalue weighted by atomic mass is 16.5. The summed E-state index contributed by atoms with van der Waals surface area (Å²) >= 11 is 0. The van der Waals surface area contributed by atoms with Crippen LogP contribution in [0.1, 0.15) is 33.6 Å². The van der Waals surface area contributed by atoms with Crippen LogP contribution in [-0.2, 0) is 9.53 Å². The fraction of sp³-hybridized carbons (Fsp3) is 0.909. The maximum absolute atomic E-state index is 11.4. The first kappa shape index (κ1) is 14.4. The number of nitrogens with one attached hydrogen (secondary N) is 1. The number of carbonyl (C=O) groups excluding carboxylic acids is 1. The highest BCUT2D eigenvalue weighted by molar-refractivity contribution is 5.77. The van der Waals surface area contributed by atoms with Crippen molar-refractivity contribution in [3.05, 3.63) is 0 Å². The van der Waals surface area contributed by atoms with Gasteiger partial charge in [0.05, 0.1) is 0 Å². The molecule has 0 bridgehead atoms. The monoisotopic (exact) mass is 216 g/mol. The fourth-order valence-corrected chi connectivity index (χ4v) is 1.31. The zero-order valence-corrected chi connectivity index (χ0v) is 10.1. The van der Waals surface area contributed by atoms with Crippen LogP contribution in [0, 0.1) is 5.92 Å². The van der Waals surface area contributed by atoms with Gasteiger partial charge in [0.15, 0.2) is 0 Å². The summed E-state index contributed by atoms with van der Waals surface area (Å²) < 4.78 is 5.16. The fourth-order valence-electron chi connectivity index (χ4n) is 1.31. The topological polar surface area (TPSA) is 64.3 Å². The van der Waals surface area contributed by atoms with E-state index in [0.717, 1.165) is 12.8 Å². The van der Waals surface area contributed by atoms with Gasteiger partial charge in [0.2, 0.25) is 5.91 Å². The Labute approximate surface area is 92.6 Å². The lowest BCUT2D eigenvalue weighted by Gasteiger charge is -2.21. The Kier molecular flexibility index (Phi) is 8.33. The average molecular weight is 216 g/mol. The third kappa shape index (κ3) is 7.33. The second-order valence-corrected chi connectivity index (χ2v) is 4.05. The van der Waals surface area contributed by atoms with E-state index in [1.54, 1.807) is 0 Å². The molecule has 0 aromatic carbocycles. The lowest BCUT2D eigenvalue weighted by molar-refractivity contribution is -0.126. The van der Waals surface area contributed by atoms with Gasteiger partial charge in [-0.05, 0) is 25.3 Å². The standard InChI is InChI=1S/C11H24N2O2/c1-4-7-15-8-11(14)13-10(5-6-12)9(2)3/h9-10H,4-8,12H2,1-3H3,(H,13,14). The second kappa shape index (κ2) is 8.68. The minimum Gasteiger partial charge on any atom is -0.372 e. The van der Waals surface area contributed by atoms with Crippen LogP contribution in [0.15, 0.2) is 0 Å². The SMILES string of the molecule is CCCOCC(=O)NC(CCN)C(C)C. The van der Waals surface area contributed by atoms with Gasteiger partial charge in [-0.25, -0.2) is 0 Å². The summed E-state index contributed by atoms with van der Waals surface area (Å²) in [6, 6.07) is 0.160. The zero-order chi connectivity index (χ0) is 11.7. The summed E-state index contributed by atoms with van der Waals surface area (Å²) in [4.78, 5) is 11.4. The molecule has 0 aliphatic heterocycles. The number of hydrogen-bond acceptors (Lipinski definition) is 3. The van der Waals surface area contributed by atoms with E-state index in [1.165, 1.54) is 0 Å². The minimum atomic E-state index is -0.0457. The normalized spacial score (nSPS) is 12.9. The summed E-state index contributed by atoms with van der Waals surface area (Å²) in [6.45, 7) is 7.56. The Bertz CT molecular complexity index is 172. The van der Waals surface area contributed by atoms with Crippen molar-refractivity contribution in [2.45, 2.75) is 39.7 Å². The van der Waals surface area contributed by atoms with E-state index in [-0.39, 0.29) is 18.6 Å². The number of amides is 1. The first-order chi connectivity index (χ1) is 7.11. The van der Waals surface area contributed by atoms with Gasteiger partial charge in [0.25, 0.3) is 0 Å². The Balaban J connectivity index is 3.78. The molecule has 0 rings (SSSR count). The van der Waals surface area contributed by atoms with Crippen molar-refractivity contribution in [1.29, 1.82) is 0 Å². The molecule has 15 heavy (non-hydrogen) atoms. The van der Waals surface area contributed by atoms with E-state index < -0.39 is 0 Å². The van der Waals surface area contributed by atoms with Gasteiger partial charge < -0.3 is 15.8 Å². The van der Waals surface area contributed by atoms with Crippen molar-refractivity contribution in [3.8, 4) is 0 Å². The predicted molar refractivity (Wildman–Crippen MR) is 61.6 cm³/mol. The molecule has 0 radical (unpaired) electrons. The predicted octanol–water partition coefficient (Wildman–Crippen LogP) is 0.903. The van der Waals surface area contributed by atoms with Gasteiger partial charge in [-0.1, -0.05) is 20.8 Å². The smallest absolute Gasteiger partial charge is 0.246 e. The molecule has 0 saturated carbocycles. The Morgan fingerprint density at radius 1 is 1.47 bits per heavy atom. The van der Waals surface area contributed by atoms with Crippen LogP contribution in [0.25, 0.3) is 0 Å². The maximum atomic E-state index is 11.4. The highest BCUT2D eigenvalue weighted by Gasteiger charge is 2.14. The number of ether oxygens (including phenoxy) is 1. The van der Waals surface area contributed by atoms with Crippen LogP contribution in [0.5, 0.6) is 0 Å². The third-order valence-electron chi connectivity index (χ3n) is 2.21. The number of carbonyl (C=O) groups is 1. The second-order valence-electron chi connectivity index (χ2n) is 4.05. The molecule has 4 heteroatoms. The van der Waals surface area contributed by atoms with Crippen molar-refractivity contribution in [2.24, 2.45) is 11.7 Å². The molecule has 90 valence electrons. The van der Waals surface area contributed by atoms with Gasteiger partial charge in [0.1, 0.15) is 6.61 Å². The van der Waals surface area contributed by atoms with E-state index in [9.17, 15) is 4.79 Å². The molecule has 0 spiro atoms. The van der Waals surface area contributed by atoms with Crippen LogP contribution in [0.2, 0.25) is 0 Å². The molecule has 0 aromatic heterocycles. The number of nitrogens with two attached hydrogens (primary N) is 1. The first-order valence-corrected chi connectivity index (χ1v) is 5.69. The molecule has 1 atom stereocenters. The molecule has 3 N–H and O–H groups in total.